The van der Waals surface area contributed by atoms with Crippen molar-refractivity contribution in [1.29, 1.82) is 5.26 Å². The van der Waals surface area contributed by atoms with Crippen molar-refractivity contribution in [2.24, 2.45) is 0 Å². The van der Waals surface area contributed by atoms with E-state index >= 15 is 0 Å². The molecule has 0 saturated carbocycles. The molecule has 1 atom stereocenters. The summed E-state index contributed by atoms with van der Waals surface area (Å²) < 4.78 is 21.2. The Labute approximate surface area is 118 Å². The van der Waals surface area contributed by atoms with Gasteiger partial charge in [-0.15, -0.1) is 0 Å². The Balaban J connectivity index is 3.15. The Morgan fingerprint density at radius 2 is 1.75 bits per heavy atom. The molecular formula is C14H19NO5. The zero-order valence-electron chi connectivity index (χ0n) is 11.9. The third kappa shape index (κ3) is 3.76. The van der Waals surface area contributed by atoms with Crippen molar-refractivity contribution >= 4 is 0 Å². The van der Waals surface area contributed by atoms with Crippen molar-refractivity contribution in [2.45, 2.75) is 12.5 Å². The Kier molecular flexibility index (Phi) is 6.64. The Morgan fingerprint density at radius 3 is 2.15 bits per heavy atom. The number of benzene rings is 1. The smallest absolute Gasteiger partial charge is 0.176 e. The van der Waals surface area contributed by atoms with Gasteiger partial charge in [0.1, 0.15) is 17.2 Å². The number of aliphatic hydroxyl groups excluding tert-OH is 1. The van der Waals surface area contributed by atoms with Crippen molar-refractivity contribution in [3.05, 3.63) is 17.7 Å². The summed E-state index contributed by atoms with van der Waals surface area (Å²) in [6, 6.07) is 5.39. The molecule has 6 heteroatoms. The molecule has 1 rings (SSSR count). The molecule has 0 aromatic heterocycles. The summed E-state index contributed by atoms with van der Waals surface area (Å²) in [7, 11) is 4.53. The van der Waals surface area contributed by atoms with Crippen molar-refractivity contribution in [2.75, 3.05) is 34.5 Å². The van der Waals surface area contributed by atoms with Crippen molar-refractivity contribution in [1.82, 2.24) is 0 Å². The highest BCUT2D eigenvalue weighted by Gasteiger charge is 2.23. The maximum atomic E-state index is 9.27. The second kappa shape index (κ2) is 8.25. The summed E-state index contributed by atoms with van der Waals surface area (Å²) >= 11 is 0. The molecule has 0 amide bonds. The minimum Gasteiger partial charge on any atom is -0.496 e. The number of hydrogen-bond acceptors (Lipinski definition) is 6. The fourth-order valence-corrected chi connectivity index (χ4v) is 1.74. The first-order chi connectivity index (χ1) is 9.71. The zero-order chi connectivity index (χ0) is 15.0. The minimum atomic E-state index is -0.836. The zero-order valence-corrected chi connectivity index (χ0v) is 11.9. The average Bonchev–Trinajstić information content (AvgIpc) is 2.50. The summed E-state index contributed by atoms with van der Waals surface area (Å²) in [6.45, 7) is 0.280. The summed E-state index contributed by atoms with van der Waals surface area (Å²) in [5.41, 5.74) is 0.510. The van der Waals surface area contributed by atoms with Crippen LogP contribution in [0, 0.1) is 11.3 Å². The van der Waals surface area contributed by atoms with E-state index in [4.69, 9.17) is 24.1 Å². The van der Waals surface area contributed by atoms with Crippen LogP contribution in [0.4, 0.5) is 0 Å². The first kappa shape index (κ1) is 16.1. The van der Waals surface area contributed by atoms with E-state index in [9.17, 15) is 5.26 Å². The van der Waals surface area contributed by atoms with Crippen molar-refractivity contribution < 1.29 is 24.1 Å². The third-order valence-corrected chi connectivity index (χ3v) is 2.72. The molecule has 0 radical (unpaired) electrons. The van der Waals surface area contributed by atoms with Crippen LogP contribution < -0.4 is 14.2 Å². The monoisotopic (exact) mass is 281 g/mol. The van der Waals surface area contributed by atoms with Crippen molar-refractivity contribution in [3.8, 4) is 23.3 Å². The van der Waals surface area contributed by atoms with E-state index < -0.39 is 6.10 Å². The van der Waals surface area contributed by atoms with Gasteiger partial charge in [0.05, 0.1) is 39.6 Å². The van der Waals surface area contributed by atoms with E-state index in [1.807, 2.05) is 0 Å². The van der Waals surface area contributed by atoms with Crippen LogP contribution in [0.2, 0.25) is 0 Å². The lowest BCUT2D eigenvalue weighted by molar-refractivity contribution is 0.0742. The van der Waals surface area contributed by atoms with Crippen LogP contribution in [0.25, 0.3) is 0 Å². The van der Waals surface area contributed by atoms with Crippen LogP contribution >= 0.6 is 0 Å². The number of rotatable bonds is 8. The Bertz CT molecular complexity index is 444. The second-order valence-electron chi connectivity index (χ2n) is 3.90. The van der Waals surface area contributed by atoms with Gasteiger partial charge in [-0.1, -0.05) is 0 Å². The number of nitrogens with zero attached hydrogens (tertiary/aromatic N) is 1. The first-order valence-electron chi connectivity index (χ1n) is 6.13. The number of nitriles is 1. The Morgan fingerprint density at radius 1 is 1.15 bits per heavy atom. The molecule has 0 aliphatic rings. The molecule has 0 fully saturated rings. The van der Waals surface area contributed by atoms with Gasteiger partial charge < -0.3 is 24.1 Å². The fraction of sp³-hybridized carbons (Fsp3) is 0.500. The Hall–Kier alpha value is -1.97. The van der Waals surface area contributed by atoms with Gasteiger partial charge in [0.2, 0.25) is 0 Å². The largest absolute Gasteiger partial charge is 0.496 e. The van der Waals surface area contributed by atoms with Crippen LogP contribution in [-0.2, 0) is 4.74 Å². The lowest BCUT2D eigenvalue weighted by Crippen LogP contribution is -2.08. The highest BCUT2D eigenvalue weighted by atomic mass is 16.5. The van der Waals surface area contributed by atoms with E-state index in [1.165, 1.54) is 21.3 Å². The predicted molar refractivity (Wildman–Crippen MR) is 72.1 cm³/mol. The van der Waals surface area contributed by atoms with Gasteiger partial charge in [0, 0.05) is 18.7 Å². The normalized spacial score (nSPS) is 11.6. The number of methoxy groups -OCH3 is 3. The minimum absolute atomic E-state index is 0.00896. The van der Waals surface area contributed by atoms with Crippen molar-refractivity contribution in [3.63, 3.8) is 0 Å². The van der Waals surface area contributed by atoms with Crippen LogP contribution in [-0.4, -0.2) is 39.6 Å². The maximum absolute atomic E-state index is 9.27. The predicted octanol–water partition coefficient (Wildman–Crippen LogP) is 1.68. The fourth-order valence-electron chi connectivity index (χ4n) is 1.74. The quantitative estimate of drug-likeness (QED) is 0.730. The third-order valence-electron chi connectivity index (χ3n) is 2.72. The molecule has 1 unspecified atom stereocenters. The standard InChI is InChI=1S/C14H19NO5/c1-17-10-7-11(18-2)14(12(8-10)19-3)13(9-15)20-6-4-5-16/h7-8,13,16H,4-6H2,1-3H3. The molecule has 0 spiro atoms. The van der Waals surface area contributed by atoms with E-state index in [0.717, 1.165) is 0 Å². The highest BCUT2D eigenvalue weighted by Crippen LogP contribution is 2.39. The molecule has 0 aliphatic heterocycles. The number of hydrogen-bond donors (Lipinski definition) is 1. The molecule has 0 heterocycles. The van der Waals surface area contributed by atoms with Gasteiger partial charge >= 0.3 is 0 Å². The number of ether oxygens (including phenoxy) is 4. The van der Waals surface area contributed by atoms with Gasteiger partial charge in [-0.25, -0.2) is 0 Å². The van der Waals surface area contributed by atoms with E-state index in [0.29, 0.717) is 29.2 Å². The molecule has 0 saturated heterocycles. The molecule has 0 aliphatic carbocycles. The lowest BCUT2D eigenvalue weighted by Gasteiger charge is -2.18. The van der Waals surface area contributed by atoms with Crippen LogP contribution in [0.5, 0.6) is 17.2 Å². The molecule has 1 aromatic rings. The summed E-state index contributed by atoms with van der Waals surface area (Å²) in [5.74, 6) is 1.47. The number of aliphatic hydroxyl groups is 1. The van der Waals surface area contributed by atoms with E-state index in [2.05, 4.69) is 6.07 Å². The van der Waals surface area contributed by atoms with Gasteiger partial charge in [-0.3, -0.25) is 0 Å². The SMILES string of the molecule is COc1cc(OC)c(C(C#N)OCCCO)c(OC)c1. The summed E-state index contributed by atoms with van der Waals surface area (Å²) in [5, 5.41) is 18.0. The van der Waals surface area contributed by atoms with Crippen LogP contribution in [0.3, 0.4) is 0 Å². The molecule has 0 bridgehead atoms. The molecule has 20 heavy (non-hydrogen) atoms. The maximum Gasteiger partial charge on any atom is 0.176 e. The van der Waals surface area contributed by atoms with Gasteiger partial charge in [-0.05, 0) is 6.42 Å². The van der Waals surface area contributed by atoms with E-state index in [1.54, 1.807) is 12.1 Å². The lowest BCUT2D eigenvalue weighted by atomic mass is 10.1. The van der Waals surface area contributed by atoms with Crippen LogP contribution in [0.1, 0.15) is 18.1 Å². The first-order valence-corrected chi connectivity index (χ1v) is 6.13. The molecule has 110 valence electrons. The average molecular weight is 281 g/mol. The van der Waals surface area contributed by atoms with Gasteiger partial charge in [-0.2, -0.15) is 5.26 Å². The second-order valence-corrected chi connectivity index (χ2v) is 3.90. The van der Waals surface area contributed by atoms with E-state index in [-0.39, 0.29) is 13.2 Å². The van der Waals surface area contributed by atoms with Gasteiger partial charge in [0.25, 0.3) is 0 Å². The summed E-state index contributed by atoms with van der Waals surface area (Å²) in [4.78, 5) is 0. The van der Waals surface area contributed by atoms with Gasteiger partial charge in [0.15, 0.2) is 6.10 Å². The topological polar surface area (TPSA) is 80.9 Å². The molecular weight excluding hydrogens is 262 g/mol. The molecule has 6 nitrogen and oxygen atoms in total. The molecule has 1 aromatic carbocycles. The van der Waals surface area contributed by atoms with Crippen LogP contribution in [0.15, 0.2) is 12.1 Å². The molecule has 1 N–H and O–H groups in total. The highest BCUT2D eigenvalue weighted by molar-refractivity contribution is 5.53. The summed E-state index contributed by atoms with van der Waals surface area (Å²) in [6.07, 6.45) is -0.378.